The van der Waals surface area contributed by atoms with Crippen molar-refractivity contribution in [3.05, 3.63) is 18.2 Å². The summed E-state index contributed by atoms with van der Waals surface area (Å²) in [7, 11) is 0. The monoisotopic (exact) mass is 550 g/mol. The van der Waals surface area contributed by atoms with Crippen molar-refractivity contribution in [2.45, 2.75) is 122 Å². The Hall–Kier alpha value is -1.97. The highest BCUT2D eigenvalue weighted by atomic mass is 16.5. The molecule has 1 heterocycles. The summed E-state index contributed by atoms with van der Waals surface area (Å²) in [6, 6.07) is -0.676. The third-order valence-electron chi connectivity index (χ3n) is 6.93. The largest absolute Gasteiger partial charge is 0.378 e. The number of nitrogens with zero attached hydrogens (tertiary/aromatic N) is 1. The summed E-state index contributed by atoms with van der Waals surface area (Å²) in [5.74, 6) is -0.433. The summed E-state index contributed by atoms with van der Waals surface area (Å²) < 4.78 is 5.29. The van der Waals surface area contributed by atoms with Crippen molar-refractivity contribution >= 4 is 11.8 Å². The van der Waals surface area contributed by atoms with Gasteiger partial charge in [-0.1, -0.05) is 103 Å². The SMILES string of the molecule is CCCCCCCCCCCCCCCCCCNCC(=O)N[C@@H](Cc1cnc[nH]1)C(=O)NCCOCCN. The highest BCUT2D eigenvalue weighted by molar-refractivity contribution is 5.88. The van der Waals surface area contributed by atoms with Crippen LogP contribution >= 0.6 is 0 Å². The zero-order chi connectivity index (χ0) is 28.2. The van der Waals surface area contributed by atoms with E-state index >= 15 is 0 Å². The Labute approximate surface area is 237 Å². The Kier molecular flexibility index (Phi) is 23.6. The number of amides is 2. The smallest absolute Gasteiger partial charge is 0.243 e. The first-order valence-corrected chi connectivity index (χ1v) is 15.7. The summed E-state index contributed by atoms with van der Waals surface area (Å²) in [6.45, 7) is 4.93. The van der Waals surface area contributed by atoms with Crippen molar-refractivity contribution in [1.29, 1.82) is 0 Å². The molecule has 2 amide bonds. The van der Waals surface area contributed by atoms with Gasteiger partial charge in [0.15, 0.2) is 0 Å². The molecule has 0 spiro atoms. The Balaban J connectivity index is 2.02. The maximum absolute atomic E-state index is 12.6. The summed E-state index contributed by atoms with van der Waals surface area (Å²) in [5.41, 5.74) is 6.19. The molecule has 1 atom stereocenters. The lowest BCUT2D eigenvalue weighted by atomic mass is 10.0. The van der Waals surface area contributed by atoms with Crippen molar-refractivity contribution in [2.24, 2.45) is 5.73 Å². The van der Waals surface area contributed by atoms with Gasteiger partial charge < -0.3 is 31.4 Å². The van der Waals surface area contributed by atoms with E-state index in [0.29, 0.717) is 32.7 Å². The average Bonchev–Trinajstić information content (AvgIpc) is 3.45. The lowest BCUT2D eigenvalue weighted by Crippen LogP contribution is -2.50. The Morgan fingerprint density at radius 2 is 1.46 bits per heavy atom. The number of imidazole rings is 1. The molecule has 0 radical (unpaired) electrons. The topological polar surface area (TPSA) is 134 Å². The predicted octanol–water partition coefficient (Wildman–Crippen LogP) is 4.38. The van der Waals surface area contributed by atoms with E-state index in [-0.39, 0.29) is 18.4 Å². The fraction of sp³-hybridized carbons (Fsp3) is 0.833. The molecule has 0 aliphatic carbocycles. The van der Waals surface area contributed by atoms with Gasteiger partial charge in [0, 0.05) is 31.4 Å². The molecule has 0 aliphatic rings. The van der Waals surface area contributed by atoms with Gasteiger partial charge in [-0.15, -0.1) is 0 Å². The molecule has 0 bridgehead atoms. The zero-order valence-corrected chi connectivity index (χ0v) is 24.7. The molecule has 0 aromatic carbocycles. The lowest BCUT2D eigenvalue weighted by molar-refractivity contribution is -0.128. The van der Waals surface area contributed by atoms with E-state index in [1.165, 1.54) is 96.3 Å². The van der Waals surface area contributed by atoms with Crippen LogP contribution in [0.3, 0.4) is 0 Å². The number of nitrogens with one attached hydrogen (secondary N) is 4. The molecule has 0 unspecified atom stereocenters. The molecule has 0 fully saturated rings. The number of nitrogens with two attached hydrogens (primary N) is 1. The Bertz CT molecular complexity index is 686. The first-order valence-electron chi connectivity index (χ1n) is 15.7. The first-order chi connectivity index (χ1) is 19.2. The molecule has 0 saturated heterocycles. The molecule has 226 valence electrons. The second kappa shape index (κ2) is 26.3. The summed E-state index contributed by atoms with van der Waals surface area (Å²) in [4.78, 5) is 32.1. The van der Waals surface area contributed by atoms with Crippen LogP contribution in [-0.4, -0.2) is 67.2 Å². The van der Waals surface area contributed by atoms with Gasteiger partial charge in [-0.2, -0.15) is 0 Å². The number of ether oxygens (including phenoxy) is 1. The molecule has 9 nitrogen and oxygen atoms in total. The fourth-order valence-electron chi connectivity index (χ4n) is 4.63. The van der Waals surface area contributed by atoms with Gasteiger partial charge in [0.1, 0.15) is 6.04 Å². The molecule has 0 aliphatic heterocycles. The van der Waals surface area contributed by atoms with Crippen LogP contribution in [0.4, 0.5) is 0 Å². The van der Waals surface area contributed by atoms with Crippen LogP contribution in [0.1, 0.15) is 115 Å². The maximum atomic E-state index is 12.6. The number of rotatable bonds is 28. The normalized spacial score (nSPS) is 11.9. The quantitative estimate of drug-likeness (QED) is 0.0983. The zero-order valence-electron chi connectivity index (χ0n) is 24.7. The van der Waals surface area contributed by atoms with Gasteiger partial charge in [0.2, 0.25) is 11.8 Å². The summed E-state index contributed by atoms with van der Waals surface area (Å²) in [5, 5.41) is 8.86. The molecule has 9 heteroatoms. The maximum Gasteiger partial charge on any atom is 0.243 e. The van der Waals surface area contributed by atoms with Gasteiger partial charge in [-0.25, -0.2) is 4.98 Å². The number of H-pyrrole nitrogens is 1. The number of carbonyl (C=O) groups is 2. The molecule has 6 N–H and O–H groups in total. The molecule has 39 heavy (non-hydrogen) atoms. The minimum atomic E-state index is -0.676. The third-order valence-corrected chi connectivity index (χ3v) is 6.93. The van der Waals surface area contributed by atoms with E-state index < -0.39 is 6.04 Å². The van der Waals surface area contributed by atoms with Gasteiger partial charge in [-0.05, 0) is 13.0 Å². The predicted molar refractivity (Wildman–Crippen MR) is 160 cm³/mol. The van der Waals surface area contributed by atoms with Crippen LogP contribution < -0.4 is 21.7 Å². The van der Waals surface area contributed by atoms with E-state index in [4.69, 9.17) is 10.5 Å². The number of hydrogen-bond acceptors (Lipinski definition) is 6. The van der Waals surface area contributed by atoms with Crippen molar-refractivity contribution in [1.82, 2.24) is 25.9 Å². The van der Waals surface area contributed by atoms with Crippen molar-refractivity contribution < 1.29 is 14.3 Å². The molecule has 0 saturated carbocycles. The number of unbranched alkanes of at least 4 members (excludes halogenated alkanes) is 15. The molecule has 1 aromatic rings. The summed E-state index contributed by atoms with van der Waals surface area (Å²) in [6.07, 6.45) is 25.1. The van der Waals surface area contributed by atoms with Crippen LogP contribution in [0.25, 0.3) is 0 Å². The minimum Gasteiger partial charge on any atom is -0.378 e. The van der Waals surface area contributed by atoms with E-state index in [1.54, 1.807) is 12.5 Å². The Morgan fingerprint density at radius 3 is 2.00 bits per heavy atom. The third kappa shape index (κ3) is 21.5. The van der Waals surface area contributed by atoms with E-state index in [9.17, 15) is 9.59 Å². The lowest BCUT2D eigenvalue weighted by Gasteiger charge is -2.18. The second-order valence-corrected chi connectivity index (χ2v) is 10.6. The number of hydrogen-bond donors (Lipinski definition) is 5. The Morgan fingerprint density at radius 1 is 0.872 bits per heavy atom. The first kappa shape index (κ1) is 35.1. The van der Waals surface area contributed by atoms with Crippen LogP contribution in [0.15, 0.2) is 12.5 Å². The van der Waals surface area contributed by atoms with Gasteiger partial charge in [0.05, 0.1) is 26.1 Å². The van der Waals surface area contributed by atoms with E-state index in [0.717, 1.165) is 18.7 Å². The number of aromatic nitrogens is 2. The number of carbonyl (C=O) groups excluding carboxylic acids is 2. The molecular weight excluding hydrogens is 492 g/mol. The van der Waals surface area contributed by atoms with Crippen LogP contribution in [-0.2, 0) is 20.7 Å². The highest BCUT2D eigenvalue weighted by Crippen LogP contribution is 2.13. The van der Waals surface area contributed by atoms with Crippen molar-refractivity contribution in [3.8, 4) is 0 Å². The van der Waals surface area contributed by atoms with E-state index in [1.807, 2.05) is 0 Å². The molecule has 1 aromatic heterocycles. The molecular formula is C30H58N6O3. The second-order valence-electron chi connectivity index (χ2n) is 10.6. The van der Waals surface area contributed by atoms with Crippen LogP contribution in [0, 0.1) is 0 Å². The van der Waals surface area contributed by atoms with E-state index in [2.05, 4.69) is 32.8 Å². The summed E-state index contributed by atoms with van der Waals surface area (Å²) >= 11 is 0. The van der Waals surface area contributed by atoms with Crippen LogP contribution in [0.5, 0.6) is 0 Å². The number of aromatic amines is 1. The standard InChI is InChI=1S/C30H58N6O3/c1-2-3-4-5-6-7-8-9-10-11-12-13-14-15-16-17-19-32-25-29(37)36-28(23-27-24-33-26-35-27)30(38)34-20-22-39-21-18-31/h24,26,28,32H,2-23,25,31H2,1H3,(H,33,35)(H,34,38)(H,36,37)/t28-/m0/s1. The van der Waals surface area contributed by atoms with Gasteiger partial charge in [0.25, 0.3) is 0 Å². The van der Waals surface area contributed by atoms with Gasteiger partial charge in [-0.3, -0.25) is 9.59 Å². The minimum absolute atomic E-state index is 0.189. The van der Waals surface area contributed by atoms with Crippen molar-refractivity contribution in [2.75, 3.05) is 39.4 Å². The average molecular weight is 551 g/mol. The fourth-order valence-corrected chi connectivity index (χ4v) is 4.63. The van der Waals surface area contributed by atoms with Crippen LogP contribution in [0.2, 0.25) is 0 Å². The molecule has 1 rings (SSSR count). The van der Waals surface area contributed by atoms with Gasteiger partial charge >= 0.3 is 0 Å². The highest BCUT2D eigenvalue weighted by Gasteiger charge is 2.21. The van der Waals surface area contributed by atoms with Crippen molar-refractivity contribution in [3.63, 3.8) is 0 Å².